The number of aliphatic imine (C=N–C) groups is 1. The van der Waals surface area contributed by atoms with Crippen LogP contribution in [-0.4, -0.2) is 36.7 Å². The molecule has 1 aromatic rings. The van der Waals surface area contributed by atoms with E-state index in [1.807, 2.05) is 0 Å². The number of alkyl halides is 2. The van der Waals surface area contributed by atoms with Gasteiger partial charge in [-0.05, 0) is 30.2 Å². The minimum atomic E-state index is -2.61. The Kier molecular flexibility index (Phi) is 7.05. The highest BCUT2D eigenvalue weighted by molar-refractivity contribution is 6.06. The van der Waals surface area contributed by atoms with Gasteiger partial charge in [0.1, 0.15) is 12.4 Å². The van der Waals surface area contributed by atoms with Crippen LogP contribution in [0.1, 0.15) is 31.0 Å². The number of benzene rings is 1. The predicted molar refractivity (Wildman–Crippen MR) is 99.7 cm³/mol. The highest BCUT2D eigenvalue weighted by Crippen LogP contribution is 2.23. The average Bonchev–Trinajstić information content (AvgIpc) is 2.66. The van der Waals surface area contributed by atoms with Gasteiger partial charge < -0.3 is 26.4 Å². The molecule has 1 heterocycles. The van der Waals surface area contributed by atoms with Crippen LogP contribution in [0.15, 0.2) is 35.6 Å². The van der Waals surface area contributed by atoms with Crippen molar-refractivity contribution in [3.63, 3.8) is 0 Å². The van der Waals surface area contributed by atoms with E-state index in [-0.39, 0.29) is 12.3 Å². The zero-order valence-corrected chi connectivity index (χ0v) is 15.5. The molecule has 0 radical (unpaired) electrons. The number of nitrogens with zero attached hydrogens (tertiary/aromatic N) is 1. The summed E-state index contributed by atoms with van der Waals surface area (Å²) >= 11 is 0. The van der Waals surface area contributed by atoms with Gasteiger partial charge in [-0.25, -0.2) is 8.78 Å². The minimum Gasteiger partial charge on any atom is -0.488 e. The average molecular weight is 395 g/mol. The third kappa shape index (κ3) is 5.49. The fraction of sp³-hybridized carbons (Fsp3) is 0.389. The normalized spacial score (nSPS) is 19.1. The van der Waals surface area contributed by atoms with E-state index < -0.39 is 36.6 Å². The van der Waals surface area contributed by atoms with Gasteiger partial charge in [-0.15, -0.1) is 0 Å². The monoisotopic (exact) mass is 395 g/mol. The van der Waals surface area contributed by atoms with Crippen LogP contribution in [0.4, 0.5) is 8.78 Å². The number of hydrogen-bond donors (Lipinski definition) is 4. The van der Waals surface area contributed by atoms with Gasteiger partial charge in [0.25, 0.3) is 12.3 Å². The number of carbonyl (C=O) groups is 2. The summed E-state index contributed by atoms with van der Waals surface area (Å²) in [6, 6.07) is 4.34. The smallest absolute Gasteiger partial charge is 0.272 e. The molecule has 2 unspecified atom stereocenters. The first-order valence-electron chi connectivity index (χ1n) is 8.57. The topological polar surface area (TPSA) is 118 Å². The second-order valence-electron chi connectivity index (χ2n) is 6.24. The van der Waals surface area contributed by atoms with Crippen molar-refractivity contribution in [2.75, 3.05) is 6.61 Å². The van der Waals surface area contributed by atoms with Crippen LogP contribution in [0.5, 0.6) is 5.75 Å². The number of hydrogen-bond acceptors (Lipinski definition) is 6. The van der Waals surface area contributed by atoms with Gasteiger partial charge in [0, 0.05) is 25.9 Å². The van der Waals surface area contributed by atoms with E-state index in [2.05, 4.69) is 20.9 Å². The Morgan fingerprint density at radius 2 is 2.11 bits per heavy atom. The lowest BCUT2D eigenvalue weighted by atomic mass is 10.0. The quantitative estimate of drug-likeness (QED) is 0.523. The number of amides is 2. The van der Waals surface area contributed by atoms with E-state index in [9.17, 15) is 18.4 Å². The summed E-state index contributed by atoms with van der Waals surface area (Å²) in [4.78, 5) is 28.3. The molecule has 10 heteroatoms. The molecule has 1 aromatic carbocycles. The first kappa shape index (κ1) is 21.3. The predicted octanol–water partition coefficient (Wildman–Crippen LogP) is 0.944. The van der Waals surface area contributed by atoms with Gasteiger partial charge in [-0.2, -0.15) is 0 Å². The van der Waals surface area contributed by atoms with Crippen LogP contribution in [0, 0.1) is 0 Å². The van der Waals surface area contributed by atoms with Gasteiger partial charge in [0.15, 0.2) is 0 Å². The maximum Gasteiger partial charge on any atom is 0.272 e. The Bertz CT molecular complexity index is 784. The number of ether oxygens (including phenoxy) is 1. The highest BCUT2D eigenvalue weighted by Gasteiger charge is 2.38. The fourth-order valence-corrected chi connectivity index (χ4v) is 2.62. The number of nitrogens with one attached hydrogen (secondary N) is 3. The van der Waals surface area contributed by atoms with Gasteiger partial charge in [-0.3, -0.25) is 14.6 Å². The molecular formula is C18H23F2N5O3. The molecule has 152 valence electrons. The zero-order chi connectivity index (χ0) is 20.7. The molecule has 2 amide bonds. The number of halogens is 2. The molecule has 8 nitrogen and oxygen atoms in total. The molecule has 0 saturated heterocycles. The minimum absolute atomic E-state index is 0.175. The maximum absolute atomic E-state index is 12.8. The maximum atomic E-state index is 12.8. The summed E-state index contributed by atoms with van der Waals surface area (Å²) in [5, 5.41) is 8.08. The Labute approximate surface area is 161 Å². The lowest BCUT2D eigenvalue weighted by Crippen LogP contribution is -2.67. The Morgan fingerprint density at radius 1 is 1.36 bits per heavy atom. The molecular weight excluding hydrogens is 372 g/mol. The van der Waals surface area contributed by atoms with Crippen molar-refractivity contribution in [2.24, 2.45) is 10.7 Å². The first-order chi connectivity index (χ1) is 13.3. The summed E-state index contributed by atoms with van der Waals surface area (Å²) in [7, 11) is 0. The number of nitrogens with two attached hydrogens (primary N) is 1. The van der Waals surface area contributed by atoms with Gasteiger partial charge in [0.2, 0.25) is 11.6 Å². The van der Waals surface area contributed by atoms with E-state index in [0.717, 1.165) is 0 Å². The molecule has 0 fully saturated rings. The molecule has 0 bridgehead atoms. The lowest BCUT2D eigenvalue weighted by Gasteiger charge is -2.32. The SMILES string of the molecule is CC(=O)NC1(C(=O)NC(C)c2cc(CN)cc(OCC(F)F)c2)C=NC=CN1. The van der Waals surface area contributed by atoms with Crippen LogP contribution in [0.2, 0.25) is 0 Å². The molecule has 0 saturated carbocycles. The zero-order valence-electron chi connectivity index (χ0n) is 15.5. The van der Waals surface area contributed by atoms with Crippen LogP contribution in [-0.2, 0) is 16.1 Å². The van der Waals surface area contributed by atoms with Crippen molar-refractivity contribution in [2.45, 2.75) is 38.5 Å². The van der Waals surface area contributed by atoms with Crippen LogP contribution < -0.4 is 26.4 Å². The molecule has 1 aliphatic rings. The summed E-state index contributed by atoms with van der Waals surface area (Å²) in [6.07, 6.45) is 1.55. The van der Waals surface area contributed by atoms with Crippen LogP contribution >= 0.6 is 0 Å². The van der Waals surface area contributed by atoms with Crippen molar-refractivity contribution in [3.05, 3.63) is 41.7 Å². The second-order valence-corrected chi connectivity index (χ2v) is 6.24. The largest absolute Gasteiger partial charge is 0.488 e. The molecule has 0 aliphatic carbocycles. The molecule has 28 heavy (non-hydrogen) atoms. The van der Waals surface area contributed by atoms with E-state index in [1.54, 1.807) is 25.1 Å². The van der Waals surface area contributed by atoms with Crippen molar-refractivity contribution in [1.29, 1.82) is 0 Å². The highest BCUT2D eigenvalue weighted by atomic mass is 19.3. The van der Waals surface area contributed by atoms with Crippen molar-refractivity contribution in [3.8, 4) is 5.75 Å². The van der Waals surface area contributed by atoms with Crippen LogP contribution in [0.25, 0.3) is 0 Å². The van der Waals surface area contributed by atoms with Gasteiger partial charge in [0.05, 0.1) is 12.3 Å². The van der Waals surface area contributed by atoms with Crippen molar-refractivity contribution in [1.82, 2.24) is 16.0 Å². The molecule has 0 spiro atoms. The van der Waals surface area contributed by atoms with Gasteiger partial charge >= 0.3 is 0 Å². The Balaban J connectivity index is 2.20. The number of carbonyl (C=O) groups excluding carboxylic acids is 2. The molecule has 0 aromatic heterocycles. The van der Waals surface area contributed by atoms with Crippen molar-refractivity contribution < 1.29 is 23.1 Å². The summed E-state index contributed by atoms with van der Waals surface area (Å²) in [5.74, 6) is -0.738. The van der Waals surface area contributed by atoms with Crippen molar-refractivity contribution >= 4 is 18.0 Å². The van der Waals surface area contributed by atoms with E-state index in [4.69, 9.17) is 10.5 Å². The number of rotatable bonds is 8. The Hall–Kier alpha value is -3.01. The molecule has 5 N–H and O–H groups in total. The van der Waals surface area contributed by atoms with E-state index in [0.29, 0.717) is 11.1 Å². The molecule has 1 aliphatic heterocycles. The molecule has 2 atom stereocenters. The standard InChI is InChI=1S/C18H23F2N5O3/c1-11(14-5-13(8-21)6-15(7-14)28-9-16(19)20)24-17(27)18(25-12(2)26)10-22-3-4-23-18/h3-7,10-11,16,23H,8-9,21H2,1-2H3,(H,24,27)(H,25,26). The first-order valence-corrected chi connectivity index (χ1v) is 8.57. The summed E-state index contributed by atoms with van der Waals surface area (Å²) in [5.41, 5.74) is 5.41. The Morgan fingerprint density at radius 3 is 2.68 bits per heavy atom. The van der Waals surface area contributed by atoms with E-state index in [1.165, 1.54) is 25.5 Å². The fourth-order valence-electron chi connectivity index (χ4n) is 2.62. The third-order valence-electron chi connectivity index (χ3n) is 3.92. The third-order valence-corrected chi connectivity index (χ3v) is 3.92. The lowest BCUT2D eigenvalue weighted by molar-refractivity contribution is -0.131. The van der Waals surface area contributed by atoms with Gasteiger partial charge in [-0.1, -0.05) is 6.07 Å². The summed E-state index contributed by atoms with van der Waals surface area (Å²) < 4.78 is 29.9. The summed E-state index contributed by atoms with van der Waals surface area (Å²) in [6.45, 7) is 2.42. The molecule has 2 rings (SSSR count). The second kappa shape index (κ2) is 9.27. The van der Waals surface area contributed by atoms with E-state index >= 15 is 0 Å². The van der Waals surface area contributed by atoms with Crippen LogP contribution in [0.3, 0.4) is 0 Å².